The van der Waals surface area contributed by atoms with E-state index < -0.39 is 11.4 Å². The smallest absolute Gasteiger partial charge is 0.166 e. The highest BCUT2D eigenvalue weighted by atomic mass is 79.9. The minimum absolute atomic E-state index is 0.299. The van der Waals surface area contributed by atoms with Crippen LogP contribution in [-0.2, 0) is 5.54 Å². The molecule has 1 aliphatic carbocycles. The molecule has 2 rings (SSSR count). The van der Waals surface area contributed by atoms with E-state index in [1.807, 2.05) is 0 Å². The summed E-state index contributed by atoms with van der Waals surface area (Å²) in [5, 5.41) is 9.76. The van der Waals surface area contributed by atoms with Crippen LogP contribution in [0.2, 0.25) is 0 Å². The fraction of sp³-hybridized carbons (Fsp3) is 0.500. The van der Waals surface area contributed by atoms with Crippen LogP contribution >= 0.6 is 15.9 Å². The lowest BCUT2D eigenvalue weighted by molar-refractivity contribution is 0.288. The van der Waals surface area contributed by atoms with Crippen molar-refractivity contribution in [3.05, 3.63) is 28.0 Å². The largest absolute Gasteiger partial charge is 0.505 e. The minimum atomic E-state index is -0.611. The van der Waals surface area contributed by atoms with Crippen molar-refractivity contribution in [1.82, 2.24) is 0 Å². The van der Waals surface area contributed by atoms with E-state index in [2.05, 4.69) is 15.9 Å². The Hall–Kier alpha value is -0.610. The van der Waals surface area contributed by atoms with Gasteiger partial charge in [-0.2, -0.15) is 0 Å². The quantitative estimate of drug-likeness (QED) is 0.831. The fourth-order valence-electron chi connectivity index (χ4n) is 2.40. The van der Waals surface area contributed by atoms with Gasteiger partial charge in [0.1, 0.15) is 0 Å². The third-order valence-corrected chi connectivity index (χ3v) is 3.77. The van der Waals surface area contributed by atoms with Crippen LogP contribution in [0.5, 0.6) is 5.75 Å². The highest BCUT2D eigenvalue weighted by Crippen LogP contribution is 2.41. The van der Waals surface area contributed by atoms with Crippen molar-refractivity contribution in [1.29, 1.82) is 0 Å². The van der Waals surface area contributed by atoms with Crippen molar-refractivity contribution in [2.45, 2.75) is 37.6 Å². The van der Waals surface area contributed by atoms with Gasteiger partial charge in [-0.25, -0.2) is 4.39 Å². The van der Waals surface area contributed by atoms with Gasteiger partial charge in [0.2, 0.25) is 0 Å². The molecule has 1 saturated carbocycles. The van der Waals surface area contributed by atoms with Gasteiger partial charge >= 0.3 is 0 Å². The maximum atomic E-state index is 13.4. The van der Waals surface area contributed by atoms with E-state index in [9.17, 15) is 9.50 Å². The molecular weight excluding hydrogens is 273 g/mol. The molecule has 0 heterocycles. The van der Waals surface area contributed by atoms with Crippen LogP contribution < -0.4 is 5.73 Å². The van der Waals surface area contributed by atoms with E-state index in [0.717, 1.165) is 32.1 Å². The number of nitrogens with two attached hydrogens (primary N) is 1. The molecule has 0 bridgehead atoms. The molecular formula is C12H15BrFNO. The lowest BCUT2D eigenvalue weighted by Crippen LogP contribution is -2.38. The van der Waals surface area contributed by atoms with Crippen LogP contribution in [0.25, 0.3) is 0 Å². The molecule has 0 aromatic heterocycles. The van der Waals surface area contributed by atoms with E-state index in [1.54, 1.807) is 6.07 Å². The number of benzene rings is 1. The van der Waals surface area contributed by atoms with E-state index in [0.29, 0.717) is 10.0 Å². The van der Waals surface area contributed by atoms with Gasteiger partial charge < -0.3 is 10.8 Å². The number of phenolic OH excluding ortho intramolecular Hbond substituents is 1. The normalized spacial score (nSPS) is 19.7. The summed E-state index contributed by atoms with van der Waals surface area (Å²) in [5.74, 6) is -0.910. The first-order valence-electron chi connectivity index (χ1n) is 5.50. The molecule has 4 heteroatoms. The highest BCUT2D eigenvalue weighted by Gasteiger charge is 2.33. The van der Waals surface area contributed by atoms with Gasteiger partial charge in [0.05, 0.1) is 0 Å². The maximum absolute atomic E-state index is 13.4. The van der Waals surface area contributed by atoms with Crippen molar-refractivity contribution in [2.24, 2.45) is 5.73 Å². The van der Waals surface area contributed by atoms with Crippen molar-refractivity contribution in [3.63, 3.8) is 0 Å². The predicted molar refractivity (Wildman–Crippen MR) is 64.7 cm³/mol. The molecule has 1 aliphatic rings. The van der Waals surface area contributed by atoms with Gasteiger partial charge in [-0.15, -0.1) is 0 Å². The number of phenols is 1. The Balaban J connectivity index is 2.45. The topological polar surface area (TPSA) is 46.2 Å². The van der Waals surface area contributed by atoms with Gasteiger partial charge in [-0.1, -0.05) is 35.2 Å². The Kier molecular flexibility index (Phi) is 3.22. The van der Waals surface area contributed by atoms with Crippen LogP contribution in [0.3, 0.4) is 0 Å². The first-order valence-corrected chi connectivity index (χ1v) is 6.30. The Labute approximate surface area is 103 Å². The second-order valence-electron chi connectivity index (χ2n) is 4.50. The average Bonchev–Trinajstić information content (AvgIpc) is 2.24. The van der Waals surface area contributed by atoms with E-state index in [1.165, 1.54) is 6.07 Å². The van der Waals surface area contributed by atoms with Crippen molar-refractivity contribution < 1.29 is 9.50 Å². The summed E-state index contributed by atoms with van der Waals surface area (Å²) in [6, 6.07) is 2.98. The van der Waals surface area contributed by atoms with Crippen LogP contribution in [0.15, 0.2) is 16.6 Å². The molecule has 16 heavy (non-hydrogen) atoms. The van der Waals surface area contributed by atoms with Gasteiger partial charge in [0, 0.05) is 15.6 Å². The highest BCUT2D eigenvalue weighted by molar-refractivity contribution is 9.10. The summed E-state index contributed by atoms with van der Waals surface area (Å²) < 4.78 is 14.0. The molecule has 1 aromatic rings. The van der Waals surface area contributed by atoms with Crippen LogP contribution in [-0.4, -0.2) is 5.11 Å². The minimum Gasteiger partial charge on any atom is -0.505 e. The molecule has 0 saturated heterocycles. The molecule has 1 aromatic carbocycles. The number of aromatic hydroxyl groups is 1. The van der Waals surface area contributed by atoms with E-state index >= 15 is 0 Å². The SMILES string of the molecule is NC1(c2cc(Br)cc(F)c2O)CCCCC1. The Morgan fingerprint density at radius 1 is 1.25 bits per heavy atom. The molecule has 88 valence electrons. The average molecular weight is 288 g/mol. The number of halogens is 2. The Morgan fingerprint density at radius 3 is 2.50 bits per heavy atom. The van der Waals surface area contributed by atoms with Gasteiger partial charge in [0.15, 0.2) is 11.6 Å². The zero-order valence-corrected chi connectivity index (χ0v) is 10.6. The Bertz CT molecular complexity index is 402. The van der Waals surface area contributed by atoms with Crippen molar-refractivity contribution >= 4 is 15.9 Å². The zero-order valence-electron chi connectivity index (χ0n) is 8.97. The van der Waals surface area contributed by atoms with Gasteiger partial charge in [-0.3, -0.25) is 0 Å². The summed E-state index contributed by atoms with van der Waals surface area (Å²) in [4.78, 5) is 0. The molecule has 1 fully saturated rings. The molecule has 3 N–H and O–H groups in total. The van der Waals surface area contributed by atoms with Crippen LogP contribution in [0.1, 0.15) is 37.7 Å². The second-order valence-corrected chi connectivity index (χ2v) is 5.42. The van der Waals surface area contributed by atoms with E-state index in [4.69, 9.17) is 5.73 Å². The summed E-state index contributed by atoms with van der Waals surface area (Å²) in [7, 11) is 0. The summed E-state index contributed by atoms with van der Waals surface area (Å²) >= 11 is 3.23. The molecule has 0 spiro atoms. The molecule has 0 atom stereocenters. The van der Waals surface area contributed by atoms with Crippen molar-refractivity contribution in [2.75, 3.05) is 0 Å². The van der Waals surface area contributed by atoms with Crippen LogP contribution in [0.4, 0.5) is 4.39 Å². The first-order chi connectivity index (χ1) is 7.53. The summed E-state index contributed by atoms with van der Waals surface area (Å²) in [5.41, 5.74) is 6.22. The maximum Gasteiger partial charge on any atom is 0.166 e. The van der Waals surface area contributed by atoms with E-state index in [-0.39, 0.29) is 5.75 Å². The third kappa shape index (κ3) is 2.09. The summed E-state index contributed by atoms with van der Waals surface area (Å²) in [6.45, 7) is 0. The zero-order chi connectivity index (χ0) is 11.8. The molecule has 0 unspecified atom stereocenters. The third-order valence-electron chi connectivity index (χ3n) is 3.31. The number of hydrogen-bond donors (Lipinski definition) is 2. The van der Waals surface area contributed by atoms with Crippen molar-refractivity contribution in [3.8, 4) is 5.75 Å². The monoisotopic (exact) mass is 287 g/mol. The predicted octanol–water partition coefficient (Wildman–Crippen LogP) is 3.41. The van der Waals surface area contributed by atoms with Crippen LogP contribution in [0, 0.1) is 5.82 Å². The standard InChI is InChI=1S/C12H15BrFNO/c13-8-6-9(11(16)10(14)7-8)12(15)4-2-1-3-5-12/h6-7,16H,1-5,15H2. The first kappa shape index (κ1) is 11.9. The molecule has 0 radical (unpaired) electrons. The van der Waals surface area contributed by atoms with Gasteiger partial charge in [-0.05, 0) is 25.0 Å². The molecule has 2 nitrogen and oxygen atoms in total. The molecule has 0 aliphatic heterocycles. The Morgan fingerprint density at radius 2 is 1.88 bits per heavy atom. The van der Waals surface area contributed by atoms with Gasteiger partial charge in [0.25, 0.3) is 0 Å². The number of rotatable bonds is 1. The summed E-state index contributed by atoms with van der Waals surface area (Å²) in [6.07, 6.45) is 4.83. The number of hydrogen-bond acceptors (Lipinski definition) is 2. The lowest BCUT2D eigenvalue weighted by atomic mass is 9.77. The molecule has 0 amide bonds. The second kappa shape index (κ2) is 4.34. The fourth-order valence-corrected chi connectivity index (χ4v) is 2.83. The lowest BCUT2D eigenvalue weighted by Gasteiger charge is -2.34.